The fourth-order valence-electron chi connectivity index (χ4n) is 1.11. The maximum absolute atomic E-state index is 12.2. The van der Waals surface area contributed by atoms with Crippen molar-refractivity contribution in [2.24, 2.45) is 0 Å². The van der Waals surface area contributed by atoms with Gasteiger partial charge in [-0.05, 0) is 18.2 Å². The number of nitrogens with one attached hydrogen (secondary N) is 1. The van der Waals surface area contributed by atoms with Crippen molar-refractivity contribution in [2.75, 3.05) is 0 Å². The van der Waals surface area contributed by atoms with Gasteiger partial charge in [-0.3, -0.25) is 10.1 Å². The van der Waals surface area contributed by atoms with E-state index in [4.69, 9.17) is 0 Å². The second-order valence-corrected chi connectivity index (χ2v) is 2.88. The van der Waals surface area contributed by atoms with Gasteiger partial charge in [-0.15, -0.1) is 0 Å². The summed E-state index contributed by atoms with van der Waals surface area (Å²) in [5.41, 5.74) is -0.282. The van der Waals surface area contributed by atoms with Crippen molar-refractivity contribution in [3.05, 3.63) is 36.2 Å². The van der Waals surface area contributed by atoms with Gasteiger partial charge in [0.2, 0.25) is 0 Å². The molecule has 2 aromatic heterocycles. The minimum Gasteiger partial charge on any atom is -0.273 e. The number of hydrogen-bond donors (Lipinski definition) is 1. The number of aromatic nitrogens is 3. The van der Waals surface area contributed by atoms with E-state index in [2.05, 4.69) is 10.1 Å². The molecular weight excluding hydrogens is 207 g/mol. The summed E-state index contributed by atoms with van der Waals surface area (Å²) in [5, 5.41) is 5.47. The van der Waals surface area contributed by atoms with E-state index in [1.165, 1.54) is 6.20 Å². The molecule has 0 fully saturated rings. The molecule has 0 aliphatic carbocycles. The second-order valence-electron chi connectivity index (χ2n) is 2.88. The van der Waals surface area contributed by atoms with Gasteiger partial charge in [-0.25, -0.2) is 0 Å². The van der Waals surface area contributed by atoms with Gasteiger partial charge in [0, 0.05) is 6.20 Å². The van der Waals surface area contributed by atoms with E-state index in [1.54, 1.807) is 18.2 Å². The minimum atomic E-state index is -4.40. The molecule has 0 saturated carbocycles. The lowest BCUT2D eigenvalue weighted by Crippen LogP contribution is -2.04. The molecule has 78 valence electrons. The molecule has 0 unspecified atom stereocenters. The maximum atomic E-state index is 12.2. The van der Waals surface area contributed by atoms with Gasteiger partial charge in [0.15, 0.2) is 0 Å². The van der Waals surface area contributed by atoms with Crippen LogP contribution in [0.2, 0.25) is 0 Å². The largest absolute Gasteiger partial charge is 0.432 e. The molecule has 0 atom stereocenters. The molecule has 0 aliphatic rings. The van der Waals surface area contributed by atoms with Crippen LogP contribution in [0.1, 0.15) is 5.69 Å². The lowest BCUT2D eigenvalue weighted by Gasteiger charge is -1.99. The van der Waals surface area contributed by atoms with Gasteiger partial charge in [-0.2, -0.15) is 18.3 Å². The molecule has 0 radical (unpaired) electrons. The molecule has 0 aliphatic heterocycles. The number of nitrogens with zero attached hydrogens (tertiary/aromatic N) is 2. The van der Waals surface area contributed by atoms with Crippen molar-refractivity contribution < 1.29 is 13.2 Å². The van der Waals surface area contributed by atoms with Gasteiger partial charge in [0.05, 0.1) is 5.69 Å². The molecule has 0 bridgehead atoms. The predicted octanol–water partition coefficient (Wildman–Crippen LogP) is 2.49. The van der Waals surface area contributed by atoms with Crippen molar-refractivity contribution >= 4 is 0 Å². The molecule has 0 aromatic carbocycles. The number of pyridine rings is 1. The van der Waals surface area contributed by atoms with Crippen LogP contribution in [-0.2, 0) is 6.18 Å². The standard InChI is InChI=1S/C9H6F3N3/c10-9(11,12)8-5-7(14-15-8)6-3-1-2-4-13-6/h1-5H,(H,14,15). The first-order valence-electron chi connectivity index (χ1n) is 4.11. The van der Waals surface area contributed by atoms with Crippen LogP contribution in [-0.4, -0.2) is 15.2 Å². The molecule has 2 aromatic rings. The average Bonchev–Trinajstić information content (AvgIpc) is 2.67. The van der Waals surface area contributed by atoms with Gasteiger partial charge in [0.25, 0.3) is 0 Å². The van der Waals surface area contributed by atoms with Gasteiger partial charge in [0.1, 0.15) is 11.4 Å². The third kappa shape index (κ3) is 1.98. The predicted molar refractivity (Wildman–Crippen MR) is 46.8 cm³/mol. The van der Waals surface area contributed by atoms with Crippen LogP contribution in [0, 0.1) is 0 Å². The van der Waals surface area contributed by atoms with Crippen molar-refractivity contribution in [1.82, 2.24) is 15.2 Å². The van der Waals surface area contributed by atoms with Crippen LogP contribution in [0.4, 0.5) is 13.2 Å². The number of alkyl halides is 3. The summed E-state index contributed by atoms with van der Waals surface area (Å²) in [4.78, 5) is 3.89. The molecule has 2 rings (SSSR count). The highest BCUT2D eigenvalue weighted by Gasteiger charge is 2.33. The highest BCUT2D eigenvalue weighted by molar-refractivity contribution is 5.53. The fourth-order valence-corrected chi connectivity index (χ4v) is 1.11. The van der Waals surface area contributed by atoms with E-state index in [1.807, 2.05) is 5.10 Å². The Labute approximate surface area is 83.0 Å². The Morgan fingerprint density at radius 1 is 1.13 bits per heavy atom. The summed E-state index contributed by atoms with van der Waals surface area (Å²) < 4.78 is 36.7. The molecular formula is C9H6F3N3. The third-order valence-electron chi connectivity index (χ3n) is 1.81. The third-order valence-corrected chi connectivity index (χ3v) is 1.81. The summed E-state index contributed by atoms with van der Waals surface area (Å²) in [5.74, 6) is 0. The first-order chi connectivity index (χ1) is 7.07. The van der Waals surface area contributed by atoms with Crippen molar-refractivity contribution in [3.63, 3.8) is 0 Å². The smallest absolute Gasteiger partial charge is 0.273 e. The second kappa shape index (κ2) is 3.38. The highest BCUT2D eigenvalue weighted by Crippen LogP contribution is 2.29. The van der Waals surface area contributed by atoms with E-state index in [-0.39, 0.29) is 5.69 Å². The molecule has 0 saturated heterocycles. The van der Waals surface area contributed by atoms with Crippen LogP contribution >= 0.6 is 0 Å². The average molecular weight is 213 g/mol. The van der Waals surface area contributed by atoms with Crippen LogP contribution in [0.5, 0.6) is 0 Å². The van der Waals surface area contributed by atoms with Crippen LogP contribution in [0.3, 0.4) is 0 Å². The maximum Gasteiger partial charge on any atom is 0.432 e. The van der Waals surface area contributed by atoms with Crippen molar-refractivity contribution in [3.8, 4) is 11.4 Å². The van der Waals surface area contributed by atoms with Crippen LogP contribution in [0.15, 0.2) is 30.5 Å². The SMILES string of the molecule is FC(F)(F)c1cc(-c2ccccn2)n[nH]1. The number of halogens is 3. The fraction of sp³-hybridized carbons (Fsp3) is 0.111. The molecule has 0 amide bonds. The number of H-pyrrole nitrogens is 1. The Balaban J connectivity index is 2.37. The molecule has 15 heavy (non-hydrogen) atoms. The Hall–Kier alpha value is -1.85. The molecule has 2 heterocycles. The molecule has 0 spiro atoms. The number of rotatable bonds is 1. The minimum absolute atomic E-state index is 0.183. The number of hydrogen-bond acceptors (Lipinski definition) is 2. The Kier molecular flexibility index (Phi) is 2.18. The summed E-state index contributed by atoms with van der Waals surface area (Å²) in [6.45, 7) is 0. The van der Waals surface area contributed by atoms with Gasteiger partial charge >= 0.3 is 6.18 Å². The summed E-state index contributed by atoms with van der Waals surface area (Å²) >= 11 is 0. The Morgan fingerprint density at radius 3 is 2.47 bits per heavy atom. The van der Waals surface area contributed by atoms with Crippen molar-refractivity contribution in [2.45, 2.75) is 6.18 Å². The van der Waals surface area contributed by atoms with E-state index in [0.29, 0.717) is 5.69 Å². The zero-order valence-corrected chi connectivity index (χ0v) is 7.42. The van der Waals surface area contributed by atoms with E-state index in [9.17, 15) is 13.2 Å². The normalized spacial score (nSPS) is 11.7. The lowest BCUT2D eigenvalue weighted by molar-refractivity contribution is -0.141. The summed E-state index contributed by atoms with van der Waals surface area (Å²) in [7, 11) is 0. The Morgan fingerprint density at radius 2 is 1.93 bits per heavy atom. The number of aromatic amines is 1. The van der Waals surface area contributed by atoms with Gasteiger partial charge < -0.3 is 0 Å². The zero-order valence-electron chi connectivity index (χ0n) is 7.42. The first kappa shape index (κ1) is 9.70. The highest BCUT2D eigenvalue weighted by atomic mass is 19.4. The first-order valence-corrected chi connectivity index (χ1v) is 4.11. The quantitative estimate of drug-likeness (QED) is 0.790. The molecule has 3 nitrogen and oxygen atoms in total. The van der Waals surface area contributed by atoms with Gasteiger partial charge in [-0.1, -0.05) is 6.07 Å². The topological polar surface area (TPSA) is 41.6 Å². The zero-order chi connectivity index (χ0) is 10.9. The Bertz CT molecular complexity index is 447. The van der Waals surface area contributed by atoms with E-state index in [0.717, 1.165) is 6.07 Å². The summed E-state index contributed by atoms with van der Waals surface area (Å²) in [6.07, 6.45) is -2.91. The monoisotopic (exact) mass is 213 g/mol. The summed E-state index contributed by atoms with van der Waals surface area (Å²) in [6, 6.07) is 5.89. The van der Waals surface area contributed by atoms with E-state index < -0.39 is 11.9 Å². The van der Waals surface area contributed by atoms with Crippen molar-refractivity contribution in [1.29, 1.82) is 0 Å². The van der Waals surface area contributed by atoms with Crippen LogP contribution < -0.4 is 0 Å². The molecule has 6 heteroatoms. The van der Waals surface area contributed by atoms with Crippen LogP contribution in [0.25, 0.3) is 11.4 Å². The van der Waals surface area contributed by atoms with E-state index >= 15 is 0 Å². The molecule has 1 N–H and O–H groups in total. The lowest BCUT2D eigenvalue weighted by atomic mass is 10.2.